The Morgan fingerprint density at radius 3 is 2.23 bits per heavy atom. The molecule has 0 spiro atoms. The van der Waals surface area contributed by atoms with Crippen LogP contribution in [0.4, 0.5) is 0 Å². The van der Waals surface area contributed by atoms with Crippen LogP contribution in [-0.2, 0) is 0 Å². The van der Waals surface area contributed by atoms with E-state index in [1.807, 2.05) is 24.3 Å². The molecule has 0 aromatic heterocycles. The number of benzene rings is 2. The van der Waals surface area contributed by atoms with Gasteiger partial charge in [-0.15, -0.1) is 0 Å². The molecule has 0 aliphatic carbocycles. The summed E-state index contributed by atoms with van der Waals surface area (Å²) < 4.78 is 15.6. The van der Waals surface area contributed by atoms with E-state index in [-0.39, 0.29) is 5.78 Å². The molecule has 0 amide bonds. The number of ketones is 1. The van der Waals surface area contributed by atoms with E-state index >= 15 is 0 Å². The van der Waals surface area contributed by atoms with Crippen LogP contribution in [0.2, 0.25) is 0 Å². The van der Waals surface area contributed by atoms with Crippen LogP contribution in [0, 0.1) is 0 Å². The summed E-state index contributed by atoms with van der Waals surface area (Å²) in [5.74, 6) is 1.72. The fourth-order valence-corrected chi connectivity index (χ4v) is 2.06. The first-order valence-corrected chi connectivity index (χ1v) is 6.77. The van der Waals surface area contributed by atoms with Crippen molar-refractivity contribution in [3.63, 3.8) is 0 Å². The molecule has 2 aromatic carbocycles. The molecule has 4 heteroatoms. The predicted molar refractivity (Wildman–Crippen MR) is 85.9 cm³/mol. The number of hydrogen-bond acceptors (Lipinski definition) is 4. The smallest absolute Gasteiger partial charge is 0.185 e. The molecule has 0 atom stereocenters. The maximum Gasteiger partial charge on any atom is 0.185 e. The highest BCUT2D eigenvalue weighted by Gasteiger charge is 2.08. The van der Waals surface area contributed by atoms with Gasteiger partial charge < -0.3 is 14.2 Å². The molecule has 0 fully saturated rings. The van der Waals surface area contributed by atoms with Crippen LogP contribution >= 0.6 is 0 Å². The predicted octanol–water partition coefficient (Wildman–Crippen LogP) is 3.61. The lowest BCUT2D eigenvalue weighted by Gasteiger charge is -2.08. The molecule has 0 aliphatic heterocycles. The molecular weight excluding hydrogens is 280 g/mol. The van der Waals surface area contributed by atoms with E-state index in [1.54, 1.807) is 38.5 Å². The number of carbonyl (C=O) groups is 1. The van der Waals surface area contributed by atoms with Crippen molar-refractivity contribution >= 4 is 11.9 Å². The first-order valence-electron chi connectivity index (χ1n) is 6.77. The highest BCUT2D eigenvalue weighted by molar-refractivity contribution is 6.07. The van der Waals surface area contributed by atoms with E-state index in [1.165, 1.54) is 13.2 Å². The summed E-state index contributed by atoms with van der Waals surface area (Å²) in [6, 6.07) is 12.6. The summed E-state index contributed by atoms with van der Waals surface area (Å²) in [6.07, 6.45) is 3.25. The van der Waals surface area contributed by atoms with Gasteiger partial charge in [0, 0.05) is 11.1 Å². The van der Waals surface area contributed by atoms with E-state index in [0.29, 0.717) is 17.1 Å². The molecular formula is C18H18O4. The molecule has 0 N–H and O–H groups in total. The Hall–Kier alpha value is -2.75. The largest absolute Gasteiger partial charge is 0.496 e. The van der Waals surface area contributed by atoms with Crippen molar-refractivity contribution < 1.29 is 19.0 Å². The van der Waals surface area contributed by atoms with Crippen LogP contribution in [0.15, 0.2) is 48.5 Å². The van der Waals surface area contributed by atoms with Crippen molar-refractivity contribution in [2.45, 2.75) is 0 Å². The zero-order valence-corrected chi connectivity index (χ0v) is 12.8. The molecule has 22 heavy (non-hydrogen) atoms. The van der Waals surface area contributed by atoms with Crippen molar-refractivity contribution in [1.29, 1.82) is 0 Å². The van der Waals surface area contributed by atoms with Gasteiger partial charge in [0.2, 0.25) is 0 Å². The molecule has 0 bridgehead atoms. The number of hydrogen-bond donors (Lipinski definition) is 0. The van der Waals surface area contributed by atoms with E-state index in [0.717, 1.165) is 11.3 Å². The lowest BCUT2D eigenvalue weighted by molar-refractivity contribution is 0.104. The summed E-state index contributed by atoms with van der Waals surface area (Å²) >= 11 is 0. The number of allylic oxidation sites excluding steroid dienone is 1. The van der Waals surface area contributed by atoms with E-state index in [2.05, 4.69) is 0 Å². The first kappa shape index (κ1) is 15.6. The fourth-order valence-electron chi connectivity index (χ4n) is 2.06. The molecule has 0 heterocycles. The van der Waals surface area contributed by atoms with Gasteiger partial charge >= 0.3 is 0 Å². The Bertz CT molecular complexity index is 689. The minimum atomic E-state index is -0.119. The Kier molecular flexibility index (Phi) is 5.20. The average molecular weight is 298 g/mol. The van der Waals surface area contributed by atoms with Crippen molar-refractivity contribution in [3.05, 3.63) is 59.7 Å². The van der Waals surface area contributed by atoms with Crippen molar-refractivity contribution in [1.82, 2.24) is 0 Å². The molecule has 0 aliphatic rings. The van der Waals surface area contributed by atoms with Gasteiger partial charge in [0.1, 0.15) is 5.75 Å². The lowest BCUT2D eigenvalue weighted by atomic mass is 10.1. The monoisotopic (exact) mass is 298 g/mol. The summed E-state index contributed by atoms with van der Waals surface area (Å²) in [5, 5.41) is 0. The lowest BCUT2D eigenvalue weighted by Crippen LogP contribution is -1.97. The third-order valence-corrected chi connectivity index (χ3v) is 3.22. The molecule has 0 unspecified atom stereocenters. The number of carbonyl (C=O) groups excluding carboxylic acids is 1. The maximum atomic E-state index is 12.3. The molecule has 114 valence electrons. The third-order valence-electron chi connectivity index (χ3n) is 3.22. The van der Waals surface area contributed by atoms with Crippen molar-refractivity contribution in [3.8, 4) is 17.2 Å². The summed E-state index contributed by atoms with van der Waals surface area (Å²) in [4.78, 5) is 12.3. The zero-order chi connectivity index (χ0) is 15.9. The van der Waals surface area contributed by atoms with Crippen molar-refractivity contribution in [2.75, 3.05) is 21.3 Å². The van der Waals surface area contributed by atoms with E-state index < -0.39 is 0 Å². The normalized spacial score (nSPS) is 10.5. The minimum Gasteiger partial charge on any atom is -0.496 e. The molecule has 2 aromatic rings. The SMILES string of the molecule is COc1ccccc1C=CC(=O)c1ccc(OC)c(OC)c1. The Morgan fingerprint density at radius 2 is 1.55 bits per heavy atom. The summed E-state index contributed by atoms with van der Waals surface area (Å²) in [7, 11) is 4.69. The van der Waals surface area contributed by atoms with Gasteiger partial charge in [-0.25, -0.2) is 0 Å². The van der Waals surface area contributed by atoms with E-state index in [4.69, 9.17) is 14.2 Å². The zero-order valence-electron chi connectivity index (χ0n) is 12.8. The third kappa shape index (κ3) is 3.47. The Morgan fingerprint density at radius 1 is 0.864 bits per heavy atom. The van der Waals surface area contributed by atoms with Crippen LogP contribution in [0.5, 0.6) is 17.2 Å². The number of ether oxygens (including phenoxy) is 3. The van der Waals surface area contributed by atoms with E-state index in [9.17, 15) is 4.79 Å². The van der Waals surface area contributed by atoms with Crippen LogP contribution in [-0.4, -0.2) is 27.1 Å². The highest BCUT2D eigenvalue weighted by Crippen LogP contribution is 2.28. The summed E-state index contributed by atoms with van der Waals surface area (Å²) in [6.45, 7) is 0. The Balaban J connectivity index is 2.23. The number of rotatable bonds is 6. The molecule has 0 saturated heterocycles. The van der Waals surface area contributed by atoms with Gasteiger partial charge in [0.05, 0.1) is 21.3 Å². The summed E-state index contributed by atoms with van der Waals surface area (Å²) in [5.41, 5.74) is 1.38. The van der Waals surface area contributed by atoms with Crippen LogP contribution in [0.25, 0.3) is 6.08 Å². The van der Waals surface area contributed by atoms with Gasteiger partial charge in [-0.3, -0.25) is 4.79 Å². The molecule has 4 nitrogen and oxygen atoms in total. The van der Waals surface area contributed by atoms with Gasteiger partial charge in [-0.2, -0.15) is 0 Å². The Labute approximate surface area is 129 Å². The molecule has 0 saturated carbocycles. The van der Waals surface area contributed by atoms with Gasteiger partial charge in [0.15, 0.2) is 17.3 Å². The van der Waals surface area contributed by atoms with Crippen molar-refractivity contribution in [2.24, 2.45) is 0 Å². The van der Waals surface area contributed by atoms with Gasteiger partial charge in [0.25, 0.3) is 0 Å². The number of methoxy groups -OCH3 is 3. The molecule has 0 radical (unpaired) electrons. The maximum absolute atomic E-state index is 12.3. The standard InChI is InChI=1S/C18H18O4/c1-20-16-7-5-4-6-13(16)8-10-15(19)14-9-11-17(21-2)18(12-14)22-3/h4-12H,1-3H3. The van der Waals surface area contributed by atoms with Crippen LogP contribution in [0.1, 0.15) is 15.9 Å². The van der Waals surface area contributed by atoms with Crippen LogP contribution in [0.3, 0.4) is 0 Å². The molecule has 2 rings (SSSR count). The topological polar surface area (TPSA) is 44.8 Å². The highest BCUT2D eigenvalue weighted by atomic mass is 16.5. The second-order valence-electron chi connectivity index (χ2n) is 4.51. The second-order valence-corrected chi connectivity index (χ2v) is 4.51. The van der Waals surface area contributed by atoms with Gasteiger partial charge in [-0.05, 0) is 36.4 Å². The average Bonchev–Trinajstić information content (AvgIpc) is 2.59. The first-order chi connectivity index (χ1) is 10.7. The van der Waals surface area contributed by atoms with Crippen LogP contribution < -0.4 is 14.2 Å². The van der Waals surface area contributed by atoms with Gasteiger partial charge in [-0.1, -0.05) is 18.2 Å². The minimum absolute atomic E-state index is 0.119. The fraction of sp³-hybridized carbons (Fsp3) is 0.167. The number of para-hydroxylation sites is 1. The quantitative estimate of drug-likeness (QED) is 0.603. The second kappa shape index (κ2) is 7.31.